The number of carbonyl (C=O) groups excluding carboxylic acids is 2. The van der Waals surface area contributed by atoms with E-state index in [1.807, 2.05) is 11.4 Å². The number of hydrogen-bond donors (Lipinski definition) is 1. The number of Topliss-reactive ketones (excluding diaryl/α,β-unsaturated/α-hetero) is 1. The van der Waals surface area contributed by atoms with Gasteiger partial charge in [-0.05, 0) is 36.1 Å². The maximum atomic E-state index is 11.8. The van der Waals surface area contributed by atoms with E-state index in [9.17, 15) is 9.59 Å². The molecule has 21 heavy (non-hydrogen) atoms. The van der Waals surface area contributed by atoms with Gasteiger partial charge in [-0.1, -0.05) is 29.3 Å². The van der Waals surface area contributed by atoms with E-state index in [1.54, 1.807) is 24.3 Å². The summed E-state index contributed by atoms with van der Waals surface area (Å²) in [6, 6.07) is 8.48. The fourth-order valence-corrected chi connectivity index (χ4v) is 3.04. The van der Waals surface area contributed by atoms with Crippen molar-refractivity contribution < 1.29 is 9.59 Å². The lowest BCUT2D eigenvalue weighted by molar-refractivity contribution is -0.116. The SMILES string of the molecule is O=C(CCCC(=O)c1cccs1)Nc1cc(Cl)cc(Cl)c1. The standard InChI is InChI=1S/C15H13Cl2NO2S/c16-10-7-11(17)9-12(8-10)18-15(20)5-1-3-13(19)14-4-2-6-21-14/h2,4,6-9H,1,3,5H2,(H,18,20). The van der Waals surface area contributed by atoms with Crippen molar-refractivity contribution in [1.82, 2.24) is 0 Å². The molecule has 3 nitrogen and oxygen atoms in total. The van der Waals surface area contributed by atoms with Crippen LogP contribution in [0.5, 0.6) is 0 Å². The van der Waals surface area contributed by atoms with Crippen molar-refractivity contribution in [2.24, 2.45) is 0 Å². The molecular weight excluding hydrogens is 329 g/mol. The molecule has 2 rings (SSSR count). The zero-order chi connectivity index (χ0) is 15.2. The molecule has 1 heterocycles. The molecule has 0 bridgehead atoms. The van der Waals surface area contributed by atoms with Crippen LogP contribution >= 0.6 is 34.5 Å². The van der Waals surface area contributed by atoms with Crippen LogP contribution in [0.2, 0.25) is 10.0 Å². The molecule has 0 radical (unpaired) electrons. The van der Waals surface area contributed by atoms with Crippen molar-refractivity contribution in [3.8, 4) is 0 Å². The molecule has 0 unspecified atom stereocenters. The van der Waals surface area contributed by atoms with Gasteiger partial charge in [0.2, 0.25) is 5.91 Å². The number of halogens is 2. The quantitative estimate of drug-likeness (QED) is 0.747. The van der Waals surface area contributed by atoms with Gasteiger partial charge in [0.25, 0.3) is 0 Å². The first-order valence-electron chi connectivity index (χ1n) is 6.37. The van der Waals surface area contributed by atoms with Gasteiger partial charge in [0.15, 0.2) is 5.78 Å². The number of carbonyl (C=O) groups is 2. The average Bonchev–Trinajstić information content (AvgIpc) is 2.90. The van der Waals surface area contributed by atoms with Gasteiger partial charge < -0.3 is 5.32 Å². The van der Waals surface area contributed by atoms with Gasteiger partial charge >= 0.3 is 0 Å². The molecular formula is C15H13Cl2NO2S. The molecule has 2 aromatic rings. The summed E-state index contributed by atoms with van der Waals surface area (Å²) in [6.45, 7) is 0. The summed E-state index contributed by atoms with van der Waals surface area (Å²) in [4.78, 5) is 24.3. The van der Waals surface area contributed by atoms with Crippen molar-refractivity contribution in [2.75, 3.05) is 5.32 Å². The van der Waals surface area contributed by atoms with Crippen LogP contribution in [0.15, 0.2) is 35.7 Å². The van der Waals surface area contributed by atoms with Gasteiger partial charge in [-0.15, -0.1) is 11.3 Å². The Morgan fingerprint density at radius 3 is 2.43 bits per heavy atom. The molecule has 1 N–H and O–H groups in total. The van der Waals surface area contributed by atoms with Crippen LogP contribution in [-0.2, 0) is 4.79 Å². The third-order valence-electron chi connectivity index (χ3n) is 2.75. The van der Waals surface area contributed by atoms with Crippen LogP contribution in [0, 0.1) is 0 Å². The normalized spacial score (nSPS) is 10.4. The Kier molecular flexibility index (Phi) is 5.79. The highest BCUT2D eigenvalue weighted by molar-refractivity contribution is 7.12. The molecule has 6 heteroatoms. The van der Waals surface area contributed by atoms with Crippen molar-refractivity contribution in [3.63, 3.8) is 0 Å². The predicted molar refractivity (Wildman–Crippen MR) is 87.6 cm³/mol. The Balaban J connectivity index is 1.78. The number of rotatable bonds is 6. The van der Waals surface area contributed by atoms with E-state index < -0.39 is 0 Å². The van der Waals surface area contributed by atoms with E-state index in [1.165, 1.54) is 11.3 Å². The fraction of sp³-hybridized carbons (Fsp3) is 0.200. The van der Waals surface area contributed by atoms with Gasteiger partial charge in [-0.3, -0.25) is 9.59 Å². The Bertz CT molecular complexity index is 621. The second kappa shape index (κ2) is 7.59. The first-order valence-corrected chi connectivity index (χ1v) is 8.01. The summed E-state index contributed by atoms with van der Waals surface area (Å²) in [7, 11) is 0. The van der Waals surface area contributed by atoms with Crippen LogP contribution in [0.1, 0.15) is 28.9 Å². The Labute approximate surface area is 136 Å². The zero-order valence-corrected chi connectivity index (χ0v) is 13.4. The molecule has 0 aliphatic heterocycles. The third-order valence-corrected chi connectivity index (χ3v) is 4.10. The molecule has 0 saturated carbocycles. The van der Waals surface area contributed by atoms with E-state index in [2.05, 4.69) is 5.32 Å². The van der Waals surface area contributed by atoms with Crippen LogP contribution in [0.3, 0.4) is 0 Å². The maximum absolute atomic E-state index is 11.8. The monoisotopic (exact) mass is 341 g/mol. The average molecular weight is 342 g/mol. The highest BCUT2D eigenvalue weighted by Gasteiger charge is 2.09. The minimum absolute atomic E-state index is 0.0728. The molecule has 1 aromatic carbocycles. The maximum Gasteiger partial charge on any atom is 0.224 e. The van der Waals surface area contributed by atoms with Gasteiger partial charge in [0.1, 0.15) is 0 Å². The Hall–Kier alpha value is -1.36. The molecule has 110 valence electrons. The lowest BCUT2D eigenvalue weighted by Crippen LogP contribution is -2.11. The number of amides is 1. The zero-order valence-electron chi connectivity index (χ0n) is 11.1. The van der Waals surface area contributed by atoms with Gasteiger partial charge in [-0.2, -0.15) is 0 Å². The van der Waals surface area contributed by atoms with Crippen LogP contribution in [0.25, 0.3) is 0 Å². The minimum Gasteiger partial charge on any atom is -0.326 e. The second-order valence-corrected chi connectivity index (χ2v) is 6.28. The van der Waals surface area contributed by atoms with Crippen molar-refractivity contribution in [1.29, 1.82) is 0 Å². The van der Waals surface area contributed by atoms with E-state index >= 15 is 0 Å². The number of nitrogens with one attached hydrogen (secondary N) is 1. The smallest absolute Gasteiger partial charge is 0.224 e. The predicted octanol–water partition coefficient (Wildman–Crippen LogP) is 5.05. The first-order chi connectivity index (χ1) is 10.0. The topological polar surface area (TPSA) is 46.2 Å². The van der Waals surface area contributed by atoms with Crippen LogP contribution < -0.4 is 5.32 Å². The Morgan fingerprint density at radius 1 is 1.10 bits per heavy atom. The van der Waals surface area contributed by atoms with Gasteiger partial charge in [0.05, 0.1) is 4.88 Å². The minimum atomic E-state index is -0.160. The van der Waals surface area contributed by atoms with E-state index in [-0.39, 0.29) is 18.1 Å². The lowest BCUT2D eigenvalue weighted by atomic mass is 10.1. The Morgan fingerprint density at radius 2 is 1.81 bits per heavy atom. The highest BCUT2D eigenvalue weighted by Crippen LogP contribution is 2.22. The van der Waals surface area contributed by atoms with Gasteiger partial charge in [-0.25, -0.2) is 0 Å². The van der Waals surface area contributed by atoms with E-state index in [0.717, 1.165) is 4.88 Å². The molecule has 0 atom stereocenters. The summed E-state index contributed by atoms with van der Waals surface area (Å²) in [5.74, 6) is -0.0871. The van der Waals surface area contributed by atoms with E-state index in [4.69, 9.17) is 23.2 Å². The van der Waals surface area contributed by atoms with Crippen molar-refractivity contribution in [2.45, 2.75) is 19.3 Å². The largest absolute Gasteiger partial charge is 0.326 e. The first kappa shape index (κ1) is 16.0. The molecule has 0 aliphatic carbocycles. The van der Waals surface area contributed by atoms with Crippen molar-refractivity contribution >= 4 is 51.9 Å². The fourth-order valence-electron chi connectivity index (χ4n) is 1.82. The number of benzene rings is 1. The molecule has 1 aromatic heterocycles. The lowest BCUT2D eigenvalue weighted by Gasteiger charge is -2.06. The third kappa shape index (κ3) is 5.16. The summed E-state index contributed by atoms with van der Waals surface area (Å²) < 4.78 is 0. The summed E-state index contributed by atoms with van der Waals surface area (Å²) in [5, 5.41) is 5.51. The summed E-state index contributed by atoms with van der Waals surface area (Å²) in [6.07, 6.45) is 1.16. The second-order valence-electron chi connectivity index (χ2n) is 4.46. The number of hydrogen-bond acceptors (Lipinski definition) is 3. The number of thiophene rings is 1. The number of ketones is 1. The molecule has 1 amide bonds. The van der Waals surface area contributed by atoms with Crippen LogP contribution in [0.4, 0.5) is 5.69 Å². The molecule has 0 saturated heterocycles. The number of anilines is 1. The van der Waals surface area contributed by atoms with E-state index in [0.29, 0.717) is 28.6 Å². The summed E-state index contributed by atoms with van der Waals surface area (Å²) in [5.41, 5.74) is 0.557. The van der Waals surface area contributed by atoms with Crippen molar-refractivity contribution in [3.05, 3.63) is 50.6 Å². The molecule has 0 fully saturated rings. The highest BCUT2D eigenvalue weighted by atomic mass is 35.5. The van der Waals surface area contributed by atoms with Gasteiger partial charge in [0, 0.05) is 28.6 Å². The molecule has 0 aliphatic rings. The summed E-state index contributed by atoms with van der Waals surface area (Å²) >= 11 is 13.1. The molecule has 0 spiro atoms. The van der Waals surface area contributed by atoms with Crippen LogP contribution in [-0.4, -0.2) is 11.7 Å².